The quantitative estimate of drug-likeness (QED) is 0.568. The molecule has 0 spiro atoms. The summed E-state index contributed by atoms with van der Waals surface area (Å²) in [6, 6.07) is 0. The van der Waals surface area contributed by atoms with E-state index in [0.29, 0.717) is 13.1 Å². The van der Waals surface area contributed by atoms with Crippen LogP contribution in [0.1, 0.15) is 39.8 Å². The zero-order valence-corrected chi connectivity index (χ0v) is 19.7. The molecule has 1 amide bonds. The molecule has 1 saturated heterocycles. The predicted molar refractivity (Wildman–Crippen MR) is 120 cm³/mol. The van der Waals surface area contributed by atoms with Crippen molar-refractivity contribution in [2.24, 2.45) is 7.05 Å². The minimum Gasteiger partial charge on any atom is -0.444 e. The van der Waals surface area contributed by atoms with Crippen LogP contribution in [0.25, 0.3) is 22.6 Å². The Morgan fingerprint density at radius 2 is 2.10 bits per heavy atom. The molecule has 0 aliphatic carbocycles. The van der Waals surface area contributed by atoms with Gasteiger partial charge in [-0.05, 0) is 41.0 Å². The average Bonchev–Trinajstić information content (AvgIpc) is 3.39. The first kappa shape index (κ1) is 21.6. The third-order valence-corrected chi connectivity index (χ3v) is 6.58. The van der Waals surface area contributed by atoms with Gasteiger partial charge in [0.1, 0.15) is 28.3 Å². The van der Waals surface area contributed by atoms with Crippen molar-refractivity contribution in [3.8, 4) is 11.4 Å². The lowest BCUT2D eigenvalue weighted by molar-refractivity contribution is 0.0295. The van der Waals surface area contributed by atoms with Gasteiger partial charge in [0.05, 0.1) is 11.8 Å². The number of rotatable bonds is 4. The highest BCUT2D eigenvalue weighted by Crippen LogP contribution is 2.34. The molecule has 4 heterocycles. The Morgan fingerprint density at radius 1 is 1.32 bits per heavy atom. The van der Waals surface area contributed by atoms with Crippen LogP contribution < -0.4 is 0 Å². The van der Waals surface area contributed by atoms with Crippen molar-refractivity contribution in [3.05, 3.63) is 18.2 Å². The van der Waals surface area contributed by atoms with Crippen LogP contribution in [0.4, 0.5) is 4.79 Å². The minimum atomic E-state index is -0.491. The normalized spacial score (nSPS) is 17.0. The standard InChI is InChI=1S/C21H29N7O2S/c1-7-28-13(2)15(10-24-28)17-25-16-18(26(17)6)22-12-23-19(16)31-14-8-9-27(11-14)20(29)30-21(3,4)5/h10,12,14H,7-9,11H2,1-6H3/t14-/m0/s1. The number of thioether (sulfide) groups is 1. The largest absolute Gasteiger partial charge is 0.444 e. The fourth-order valence-electron chi connectivity index (χ4n) is 3.76. The highest BCUT2D eigenvalue weighted by molar-refractivity contribution is 8.00. The summed E-state index contributed by atoms with van der Waals surface area (Å²) in [5, 5.41) is 5.52. The Bertz CT molecular complexity index is 1120. The zero-order valence-electron chi connectivity index (χ0n) is 18.9. The number of carbonyl (C=O) groups excluding carboxylic acids is 1. The van der Waals surface area contributed by atoms with E-state index in [2.05, 4.69) is 28.9 Å². The molecule has 1 atom stereocenters. The van der Waals surface area contributed by atoms with Gasteiger partial charge in [0.25, 0.3) is 0 Å². The van der Waals surface area contributed by atoms with E-state index in [0.717, 1.165) is 46.2 Å². The first-order valence-electron chi connectivity index (χ1n) is 10.5. The van der Waals surface area contributed by atoms with Crippen LogP contribution in [0.3, 0.4) is 0 Å². The molecule has 0 radical (unpaired) electrons. The monoisotopic (exact) mass is 443 g/mol. The molecule has 0 bridgehead atoms. The summed E-state index contributed by atoms with van der Waals surface area (Å²) in [6.07, 6.45) is 4.07. The fourth-order valence-corrected chi connectivity index (χ4v) is 4.92. The maximum atomic E-state index is 12.4. The molecule has 166 valence electrons. The van der Waals surface area contributed by atoms with Gasteiger partial charge in [0, 0.05) is 37.6 Å². The molecule has 1 aliphatic rings. The second kappa shape index (κ2) is 8.14. The lowest BCUT2D eigenvalue weighted by Gasteiger charge is -2.24. The van der Waals surface area contributed by atoms with Crippen molar-refractivity contribution in [1.29, 1.82) is 0 Å². The maximum absolute atomic E-state index is 12.4. The molecule has 1 fully saturated rings. The van der Waals surface area contributed by atoms with Crippen LogP contribution in [0.2, 0.25) is 0 Å². The van der Waals surface area contributed by atoms with Gasteiger partial charge < -0.3 is 14.2 Å². The number of nitrogens with zero attached hydrogens (tertiary/aromatic N) is 7. The number of fused-ring (bicyclic) bond motifs is 1. The Balaban J connectivity index is 1.57. The van der Waals surface area contributed by atoms with Crippen LogP contribution in [0.15, 0.2) is 17.6 Å². The van der Waals surface area contributed by atoms with Crippen LogP contribution in [-0.2, 0) is 18.3 Å². The number of ether oxygens (including phenoxy) is 1. The van der Waals surface area contributed by atoms with Gasteiger partial charge in [0.2, 0.25) is 0 Å². The molecule has 31 heavy (non-hydrogen) atoms. The number of aromatic nitrogens is 6. The van der Waals surface area contributed by atoms with E-state index in [1.807, 2.05) is 43.3 Å². The third kappa shape index (κ3) is 4.26. The number of likely N-dealkylation sites (tertiary alicyclic amines) is 1. The number of imidazole rings is 1. The molecule has 3 aromatic rings. The van der Waals surface area contributed by atoms with Gasteiger partial charge >= 0.3 is 6.09 Å². The third-order valence-electron chi connectivity index (χ3n) is 5.34. The summed E-state index contributed by atoms with van der Waals surface area (Å²) in [7, 11) is 1.97. The first-order valence-corrected chi connectivity index (χ1v) is 11.4. The summed E-state index contributed by atoms with van der Waals surface area (Å²) in [5.74, 6) is 0.830. The van der Waals surface area contributed by atoms with Crippen molar-refractivity contribution >= 4 is 29.0 Å². The van der Waals surface area contributed by atoms with Gasteiger partial charge in [-0.2, -0.15) is 5.10 Å². The average molecular weight is 444 g/mol. The van der Waals surface area contributed by atoms with Crippen LogP contribution in [-0.4, -0.2) is 64.2 Å². The summed E-state index contributed by atoms with van der Waals surface area (Å²) < 4.78 is 9.46. The van der Waals surface area contributed by atoms with Crippen LogP contribution in [0, 0.1) is 6.92 Å². The molecule has 0 saturated carbocycles. The van der Waals surface area contributed by atoms with E-state index in [4.69, 9.17) is 9.72 Å². The first-order chi connectivity index (χ1) is 14.7. The van der Waals surface area contributed by atoms with Crippen LogP contribution >= 0.6 is 11.8 Å². The number of amides is 1. The van der Waals surface area contributed by atoms with Crippen molar-refractivity contribution in [3.63, 3.8) is 0 Å². The Kier molecular flexibility index (Phi) is 5.67. The molecule has 0 aromatic carbocycles. The van der Waals surface area contributed by atoms with E-state index >= 15 is 0 Å². The number of carbonyl (C=O) groups is 1. The molecular formula is C21H29N7O2S. The van der Waals surface area contributed by atoms with Crippen molar-refractivity contribution < 1.29 is 9.53 Å². The van der Waals surface area contributed by atoms with Crippen molar-refractivity contribution in [2.45, 2.75) is 63.5 Å². The van der Waals surface area contributed by atoms with Crippen molar-refractivity contribution in [2.75, 3.05) is 13.1 Å². The van der Waals surface area contributed by atoms with Crippen molar-refractivity contribution in [1.82, 2.24) is 34.2 Å². The maximum Gasteiger partial charge on any atom is 0.410 e. The molecule has 0 unspecified atom stereocenters. The highest BCUT2D eigenvalue weighted by atomic mass is 32.2. The minimum absolute atomic E-state index is 0.237. The Hall–Kier alpha value is -2.62. The SMILES string of the molecule is CCn1ncc(-c2nc3c(S[C@H]4CCN(C(=O)OC(C)(C)C)C4)ncnc3n2C)c1C. The zero-order chi connectivity index (χ0) is 22.3. The number of aryl methyl sites for hydroxylation is 2. The molecule has 9 nitrogen and oxygen atoms in total. The number of hydrogen-bond donors (Lipinski definition) is 0. The fraction of sp³-hybridized carbons (Fsp3) is 0.571. The molecule has 3 aromatic heterocycles. The van der Waals surface area contributed by atoms with Gasteiger partial charge in [-0.25, -0.2) is 19.7 Å². The summed E-state index contributed by atoms with van der Waals surface area (Å²) in [4.78, 5) is 28.0. The molecule has 4 rings (SSSR count). The van der Waals surface area contributed by atoms with Gasteiger partial charge in [-0.3, -0.25) is 4.68 Å². The second-order valence-electron chi connectivity index (χ2n) is 8.76. The van der Waals surface area contributed by atoms with Crippen LogP contribution in [0.5, 0.6) is 0 Å². The molecule has 0 N–H and O–H groups in total. The van der Waals surface area contributed by atoms with E-state index < -0.39 is 5.60 Å². The second-order valence-corrected chi connectivity index (χ2v) is 10.0. The Labute approximate surface area is 186 Å². The molecule has 1 aliphatic heterocycles. The van der Waals surface area contributed by atoms with E-state index in [1.54, 1.807) is 23.0 Å². The van der Waals surface area contributed by atoms with E-state index in [9.17, 15) is 4.79 Å². The number of hydrogen-bond acceptors (Lipinski definition) is 7. The van der Waals surface area contributed by atoms with Gasteiger partial charge in [0.15, 0.2) is 5.65 Å². The van der Waals surface area contributed by atoms with E-state index in [-0.39, 0.29) is 11.3 Å². The summed E-state index contributed by atoms with van der Waals surface area (Å²) in [5.41, 5.74) is 3.15. The lowest BCUT2D eigenvalue weighted by atomic mass is 10.2. The molecule has 10 heteroatoms. The Morgan fingerprint density at radius 3 is 2.77 bits per heavy atom. The summed E-state index contributed by atoms with van der Waals surface area (Å²) >= 11 is 1.65. The summed E-state index contributed by atoms with van der Waals surface area (Å²) in [6.45, 7) is 11.9. The smallest absolute Gasteiger partial charge is 0.410 e. The predicted octanol–water partition coefficient (Wildman–Crippen LogP) is 3.66. The highest BCUT2D eigenvalue weighted by Gasteiger charge is 2.31. The molecular weight excluding hydrogens is 414 g/mol. The topological polar surface area (TPSA) is 91.0 Å². The lowest BCUT2D eigenvalue weighted by Crippen LogP contribution is -2.35. The van der Waals surface area contributed by atoms with E-state index in [1.165, 1.54) is 0 Å². The van der Waals surface area contributed by atoms with Gasteiger partial charge in [-0.15, -0.1) is 0 Å². The van der Waals surface area contributed by atoms with Gasteiger partial charge in [-0.1, -0.05) is 11.8 Å².